The Labute approximate surface area is 165 Å². The van der Waals surface area contributed by atoms with Gasteiger partial charge in [-0.25, -0.2) is 9.67 Å². The fraction of sp³-hybridized carbons (Fsp3) is 0.500. The molecule has 2 heterocycles. The Morgan fingerprint density at radius 3 is 2.96 bits per heavy atom. The summed E-state index contributed by atoms with van der Waals surface area (Å²) in [4.78, 5) is 8.65. The highest BCUT2D eigenvalue weighted by Crippen LogP contribution is 2.46. The second kappa shape index (κ2) is 8.16. The third-order valence-corrected chi connectivity index (χ3v) is 5.05. The number of aliphatic imine (C=N–C) groups is 1. The maximum absolute atomic E-state index is 4.37. The van der Waals surface area contributed by atoms with E-state index < -0.39 is 0 Å². The van der Waals surface area contributed by atoms with Crippen LogP contribution in [0.15, 0.2) is 41.7 Å². The van der Waals surface area contributed by atoms with Crippen LogP contribution >= 0.6 is 24.0 Å². The van der Waals surface area contributed by atoms with E-state index in [1.54, 1.807) is 6.33 Å². The molecule has 4 rings (SSSR count). The molecule has 2 aromatic rings. The summed E-state index contributed by atoms with van der Waals surface area (Å²) in [5.74, 6) is 3.38. The van der Waals surface area contributed by atoms with Crippen LogP contribution in [0.2, 0.25) is 0 Å². The van der Waals surface area contributed by atoms with E-state index >= 15 is 0 Å². The first-order valence-electron chi connectivity index (χ1n) is 8.72. The van der Waals surface area contributed by atoms with Crippen LogP contribution in [-0.2, 0) is 13.0 Å². The van der Waals surface area contributed by atoms with Gasteiger partial charge in [0.1, 0.15) is 12.2 Å². The second-order valence-electron chi connectivity index (χ2n) is 6.70. The Morgan fingerprint density at radius 1 is 1.32 bits per heavy atom. The van der Waals surface area contributed by atoms with Crippen molar-refractivity contribution in [3.63, 3.8) is 0 Å². The van der Waals surface area contributed by atoms with Crippen molar-refractivity contribution in [3.05, 3.63) is 48.0 Å². The van der Waals surface area contributed by atoms with Crippen LogP contribution < -0.4 is 10.6 Å². The number of nitrogens with zero attached hydrogens (tertiary/aromatic N) is 4. The van der Waals surface area contributed by atoms with Gasteiger partial charge in [0.15, 0.2) is 5.96 Å². The summed E-state index contributed by atoms with van der Waals surface area (Å²) in [6.45, 7) is 1.83. The number of fused-ring (bicyclic) bond motifs is 1. The maximum atomic E-state index is 4.37. The van der Waals surface area contributed by atoms with Crippen molar-refractivity contribution in [3.8, 4) is 0 Å². The summed E-state index contributed by atoms with van der Waals surface area (Å²) >= 11 is 0. The van der Waals surface area contributed by atoms with Gasteiger partial charge in [-0.3, -0.25) is 4.99 Å². The molecule has 1 aromatic carbocycles. The first kappa shape index (κ1) is 18.2. The number of aromatic nitrogens is 3. The highest BCUT2D eigenvalue weighted by molar-refractivity contribution is 14.0. The molecular weight excluding hydrogens is 427 g/mol. The summed E-state index contributed by atoms with van der Waals surface area (Å²) in [5.41, 5.74) is 1.46. The third kappa shape index (κ3) is 4.31. The molecule has 3 unspecified atom stereocenters. The molecule has 1 aliphatic carbocycles. The fourth-order valence-electron chi connectivity index (χ4n) is 3.55. The van der Waals surface area contributed by atoms with Gasteiger partial charge in [0, 0.05) is 26.1 Å². The molecule has 1 aromatic heterocycles. The first-order chi connectivity index (χ1) is 11.8. The van der Waals surface area contributed by atoms with Crippen molar-refractivity contribution < 1.29 is 0 Å². The van der Waals surface area contributed by atoms with Gasteiger partial charge in [0.05, 0.1) is 6.54 Å². The largest absolute Gasteiger partial charge is 0.356 e. The lowest BCUT2D eigenvalue weighted by atomic mass is 10.1. The number of halogens is 1. The van der Waals surface area contributed by atoms with E-state index in [4.69, 9.17) is 0 Å². The van der Waals surface area contributed by atoms with Gasteiger partial charge in [-0.15, -0.1) is 24.0 Å². The molecule has 134 valence electrons. The maximum Gasteiger partial charge on any atom is 0.191 e. The Balaban J connectivity index is 0.00000182. The lowest BCUT2D eigenvalue weighted by Gasteiger charge is -2.25. The monoisotopic (exact) mass is 452 g/mol. The molecule has 1 aliphatic heterocycles. The van der Waals surface area contributed by atoms with E-state index in [0.717, 1.165) is 37.7 Å². The number of aryl methyl sites for hydroxylation is 1. The number of hydrogen-bond acceptors (Lipinski definition) is 3. The zero-order valence-electron chi connectivity index (χ0n) is 14.4. The van der Waals surface area contributed by atoms with E-state index in [9.17, 15) is 0 Å². The zero-order chi connectivity index (χ0) is 16.4. The van der Waals surface area contributed by atoms with Crippen molar-refractivity contribution >= 4 is 29.9 Å². The van der Waals surface area contributed by atoms with Crippen molar-refractivity contribution in [2.24, 2.45) is 10.9 Å². The summed E-state index contributed by atoms with van der Waals surface area (Å²) in [7, 11) is 1.83. The first-order valence-corrected chi connectivity index (χ1v) is 8.72. The highest BCUT2D eigenvalue weighted by Gasteiger charge is 2.37. The molecule has 0 saturated heterocycles. The van der Waals surface area contributed by atoms with E-state index in [1.807, 2.05) is 11.7 Å². The molecule has 1 saturated carbocycles. The molecule has 0 bridgehead atoms. The molecule has 7 heteroatoms. The van der Waals surface area contributed by atoms with Crippen LogP contribution in [0.4, 0.5) is 0 Å². The van der Waals surface area contributed by atoms with Gasteiger partial charge < -0.3 is 10.6 Å². The van der Waals surface area contributed by atoms with Gasteiger partial charge in [-0.05, 0) is 30.2 Å². The smallest absolute Gasteiger partial charge is 0.191 e. The average molecular weight is 452 g/mol. The minimum atomic E-state index is 0. The van der Waals surface area contributed by atoms with E-state index in [-0.39, 0.29) is 24.0 Å². The molecule has 0 spiro atoms. The summed E-state index contributed by atoms with van der Waals surface area (Å²) in [6, 6.07) is 11.1. The lowest BCUT2D eigenvalue weighted by molar-refractivity contribution is 0.392. The minimum Gasteiger partial charge on any atom is -0.356 e. The van der Waals surface area contributed by atoms with Crippen LogP contribution in [0, 0.1) is 5.92 Å². The summed E-state index contributed by atoms with van der Waals surface area (Å²) in [5, 5.41) is 11.3. The normalized spacial score (nSPS) is 24.8. The van der Waals surface area contributed by atoms with Crippen molar-refractivity contribution in [1.29, 1.82) is 0 Å². The predicted molar refractivity (Wildman–Crippen MR) is 109 cm³/mol. The SMILES string of the molecule is CN=C(NCC1CC1c1ccccc1)NC1CCc2ncnn2C1.I. The number of benzene rings is 1. The van der Waals surface area contributed by atoms with Crippen LogP contribution in [0.1, 0.15) is 30.1 Å². The lowest BCUT2D eigenvalue weighted by Crippen LogP contribution is -2.47. The number of guanidine groups is 1. The topological polar surface area (TPSA) is 67.1 Å². The highest BCUT2D eigenvalue weighted by atomic mass is 127. The van der Waals surface area contributed by atoms with Gasteiger partial charge in [0.2, 0.25) is 0 Å². The number of hydrogen-bond donors (Lipinski definition) is 2. The van der Waals surface area contributed by atoms with E-state index in [1.165, 1.54) is 12.0 Å². The fourth-order valence-corrected chi connectivity index (χ4v) is 3.55. The molecule has 6 nitrogen and oxygen atoms in total. The molecule has 0 radical (unpaired) electrons. The zero-order valence-corrected chi connectivity index (χ0v) is 16.8. The molecule has 2 N–H and O–H groups in total. The predicted octanol–water partition coefficient (Wildman–Crippen LogP) is 2.18. The Kier molecular flexibility index (Phi) is 5.93. The standard InChI is InChI=1S/C18H24N6.HI/c1-19-18(23-15-7-8-17-21-12-22-24(17)11-15)20-10-14-9-16(14)13-5-3-2-4-6-13;/h2-6,12,14-16H,7-11H2,1H3,(H2,19,20,23);1H. The molecule has 25 heavy (non-hydrogen) atoms. The van der Waals surface area contributed by atoms with Crippen LogP contribution in [0.3, 0.4) is 0 Å². The van der Waals surface area contributed by atoms with Gasteiger partial charge >= 0.3 is 0 Å². The second-order valence-corrected chi connectivity index (χ2v) is 6.70. The summed E-state index contributed by atoms with van der Waals surface area (Å²) in [6.07, 6.45) is 4.93. The third-order valence-electron chi connectivity index (χ3n) is 5.05. The van der Waals surface area contributed by atoms with Gasteiger partial charge in [0.25, 0.3) is 0 Å². The molecule has 2 aliphatic rings. The average Bonchev–Trinajstić information content (AvgIpc) is 3.26. The Bertz CT molecular complexity index is 713. The Hall–Kier alpha value is -1.64. The number of rotatable bonds is 4. The van der Waals surface area contributed by atoms with Crippen LogP contribution in [0.25, 0.3) is 0 Å². The Morgan fingerprint density at radius 2 is 2.16 bits per heavy atom. The summed E-state index contributed by atoms with van der Waals surface area (Å²) < 4.78 is 1.99. The van der Waals surface area contributed by atoms with Gasteiger partial charge in [-0.1, -0.05) is 30.3 Å². The quantitative estimate of drug-likeness (QED) is 0.424. The van der Waals surface area contributed by atoms with E-state index in [0.29, 0.717) is 17.9 Å². The van der Waals surface area contributed by atoms with Crippen molar-refractivity contribution in [2.45, 2.75) is 37.8 Å². The van der Waals surface area contributed by atoms with Crippen LogP contribution in [-0.4, -0.2) is 40.4 Å². The number of nitrogens with one attached hydrogen (secondary N) is 2. The van der Waals surface area contributed by atoms with Crippen molar-refractivity contribution in [2.75, 3.05) is 13.6 Å². The molecule has 1 fully saturated rings. The molecule has 0 amide bonds. The molecular formula is C18H25IN6. The van der Waals surface area contributed by atoms with E-state index in [2.05, 4.69) is 56.0 Å². The van der Waals surface area contributed by atoms with Crippen LogP contribution in [0.5, 0.6) is 0 Å². The van der Waals surface area contributed by atoms with Crippen molar-refractivity contribution in [1.82, 2.24) is 25.4 Å². The minimum absolute atomic E-state index is 0. The van der Waals surface area contributed by atoms with Gasteiger partial charge in [-0.2, -0.15) is 5.10 Å². The molecule has 3 atom stereocenters.